The molecule has 108 valence electrons. The van der Waals surface area contributed by atoms with Crippen molar-refractivity contribution in [3.8, 4) is 0 Å². The number of carbonyl (C=O) groups is 2. The molecule has 0 saturated carbocycles. The average Bonchev–Trinajstić information content (AvgIpc) is 2.46. The minimum Gasteiger partial charge on any atom is -0.481 e. The number of carboxylic acids is 1. The highest BCUT2D eigenvalue weighted by atomic mass is 16.4. The number of unbranched alkanes of at least 4 members (excludes halogenated alkanes) is 1. The van der Waals surface area contributed by atoms with Gasteiger partial charge in [-0.2, -0.15) is 0 Å². The molecule has 5 heteroatoms. The Hall–Kier alpha value is -1.88. The minimum absolute atomic E-state index is 0.0168. The van der Waals surface area contributed by atoms with Crippen molar-refractivity contribution in [2.45, 2.75) is 25.7 Å². The number of amides is 1. The van der Waals surface area contributed by atoms with Crippen LogP contribution in [0.4, 0.5) is 5.69 Å². The number of para-hydroxylation sites is 1. The lowest BCUT2D eigenvalue weighted by molar-refractivity contribution is -0.141. The van der Waals surface area contributed by atoms with Crippen molar-refractivity contribution in [2.24, 2.45) is 11.7 Å². The molecule has 0 aliphatic carbocycles. The molecule has 0 aromatic heterocycles. The van der Waals surface area contributed by atoms with Gasteiger partial charge in [-0.15, -0.1) is 0 Å². The number of hydrogen-bond donors (Lipinski definition) is 2. The number of aliphatic carboxylic acids is 1. The summed E-state index contributed by atoms with van der Waals surface area (Å²) in [6.07, 6.45) is 2.45. The van der Waals surface area contributed by atoms with Crippen molar-refractivity contribution in [3.05, 3.63) is 29.8 Å². The predicted molar refractivity (Wildman–Crippen MR) is 76.5 cm³/mol. The first-order valence-electron chi connectivity index (χ1n) is 6.94. The van der Waals surface area contributed by atoms with E-state index in [0.717, 1.165) is 24.1 Å². The highest BCUT2D eigenvalue weighted by molar-refractivity contribution is 5.95. The highest BCUT2D eigenvalue weighted by Crippen LogP contribution is 2.30. The fraction of sp³-hybridized carbons (Fsp3) is 0.467. The zero-order valence-electron chi connectivity index (χ0n) is 11.4. The summed E-state index contributed by atoms with van der Waals surface area (Å²) in [5.41, 5.74) is 7.21. The van der Waals surface area contributed by atoms with Crippen LogP contribution >= 0.6 is 0 Å². The summed E-state index contributed by atoms with van der Waals surface area (Å²) in [5.74, 6) is -1.39. The maximum Gasteiger partial charge on any atom is 0.308 e. The van der Waals surface area contributed by atoms with E-state index in [1.165, 1.54) is 0 Å². The Labute approximate surface area is 118 Å². The van der Waals surface area contributed by atoms with E-state index in [-0.39, 0.29) is 12.5 Å². The third-order valence-corrected chi connectivity index (χ3v) is 3.65. The number of benzene rings is 1. The van der Waals surface area contributed by atoms with E-state index in [9.17, 15) is 14.7 Å². The lowest BCUT2D eigenvalue weighted by atomic mass is 9.92. The lowest BCUT2D eigenvalue weighted by Gasteiger charge is -2.33. The number of carboxylic acid groups (broad SMARTS) is 1. The summed E-state index contributed by atoms with van der Waals surface area (Å²) >= 11 is 0. The second-order valence-corrected chi connectivity index (χ2v) is 5.12. The zero-order valence-corrected chi connectivity index (χ0v) is 11.4. The molecule has 0 spiro atoms. The van der Waals surface area contributed by atoms with Crippen molar-refractivity contribution in [3.63, 3.8) is 0 Å². The van der Waals surface area contributed by atoms with Gasteiger partial charge in [-0.3, -0.25) is 9.59 Å². The van der Waals surface area contributed by atoms with Crippen LogP contribution in [0.5, 0.6) is 0 Å². The summed E-state index contributed by atoms with van der Waals surface area (Å²) in [7, 11) is 0. The van der Waals surface area contributed by atoms with E-state index < -0.39 is 11.9 Å². The van der Waals surface area contributed by atoms with Crippen LogP contribution in [0.2, 0.25) is 0 Å². The molecule has 1 amide bonds. The van der Waals surface area contributed by atoms with Gasteiger partial charge in [0.25, 0.3) is 0 Å². The molecule has 5 nitrogen and oxygen atoms in total. The van der Waals surface area contributed by atoms with Gasteiger partial charge in [0.2, 0.25) is 5.91 Å². The summed E-state index contributed by atoms with van der Waals surface area (Å²) < 4.78 is 0. The van der Waals surface area contributed by atoms with E-state index in [0.29, 0.717) is 19.4 Å². The minimum atomic E-state index is -0.848. The molecule has 0 bridgehead atoms. The number of rotatable bonds is 5. The Morgan fingerprint density at radius 2 is 2.05 bits per heavy atom. The highest BCUT2D eigenvalue weighted by Gasteiger charge is 2.31. The predicted octanol–water partition coefficient (Wildman–Crippen LogP) is 1.41. The quantitative estimate of drug-likeness (QED) is 0.796. The Morgan fingerprint density at radius 3 is 2.75 bits per heavy atom. The van der Waals surface area contributed by atoms with Gasteiger partial charge in [-0.25, -0.2) is 0 Å². The van der Waals surface area contributed by atoms with Crippen LogP contribution in [0.1, 0.15) is 24.8 Å². The van der Waals surface area contributed by atoms with Crippen LogP contribution in [0.25, 0.3) is 0 Å². The maximum absolute atomic E-state index is 12.3. The molecule has 1 aliphatic heterocycles. The molecule has 1 heterocycles. The van der Waals surface area contributed by atoms with Gasteiger partial charge in [0.15, 0.2) is 0 Å². The average molecular weight is 276 g/mol. The van der Waals surface area contributed by atoms with Crippen LogP contribution in [0, 0.1) is 5.92 Å². The van der Waals surface area contributed by atoms with Gasteiger partial charge in [0.1, 0.15) is 0 Å². The Morgan fingerprint density at radius 1 is 1.30 bits per heavy atom. The molecule has 1 aliphatic rings. The Balaban J connectivity index is 2.18. The summed E-state index contributed by atoms with van der Waals surface area (Å²) in [6.45, 7) is 0.829. The first kappa shape index (κ1) is 14.5. The molecule has 2 rings (SSSR count). The second kappa shape index (κ2) is 6.52. The monoisotopic (exact) mass is 276 g/mol. The van der Waals surface area contributed by atoms with Crippen molar-refractivity contribution in [1.82, 2.24) is 0 Å². The molecule has 1 atom stereocenters. The number of carbonyl (C=O) groups excluding carboxylic acids is 1. The van der Waals surface area contributed by atoms with Crippen LogP contribution in [0.3, 0.4) is 0 Å². The molecule has 20 heavy (non-hydrogen) atoms. The van der Waals surface area contributed by atoms with Gasteiger partial charge in [0, 0.05) is 18.7 Å². The molecule has 0 saturated heterocycles. The third kappa shape index (κ3) is 3.17. The van der Waals surface area contributed by atoms with E-state index in [1.54, 1.807) is 4.90 Å². The van der Waals surface area contributed by atoms with Crippen molar-refractivity contribution >= 4 is 17.6 Å². The summed E-state index contributed by atoms with van der Waals surface area (Å²) in [5, 5.41) is 9.22. The number of nitrogens with zero attached hydrogens (tertiary/aromatic N) is 1. The molecular weight excluding hydrogens is 256 g/mol. The first-order valence-corrected chi connectivity index (χ1v) is 6.94. The van der Waals surface area contributed by atoms with E-state index in [2.05, 4.69) is 0 Å². The topological polar surface area (TPSA) is 83.6 Å². The largest absolute Gasteiger partial charge is 0.481 e. The van der Waals surface area contributed by atoms with Crippen LogP contribution < -0.4 is 10.6 Å². The van der Waals surface area contributed by atoms with Crippen molar-refractivity contribution in [1.29, 1.82) is 0 Å². The SMILES string of the molecule is NCCCCC(=O)N1CC(C(=O)O)Cc2ccccc21. The van der Waals surface area contributed by atoms with Crippen LogP contribution in [0.15, 0.2) is 24.3 Å². The molecule has 1 aromatic rings. The van der Waals surface area contributed by atoms with Crippen molar-refractivity contribution < 1.29 is 14.7 Å². The number of anilines is 1. The summed E-state index contributed by atoms with van der Waals surface area (Å²) in [6, 6.07) is 7.53. The van der Waals surface area contributed by atoms with Crippen LogP contribution in [-0.4, -0.2) is 30.1 Å². The lowest BCUT2D eigenvalue weighted by Crippen LogP contribution is -2.42. The fourth-order valence-corrected chi connectivity index (χ4v) is 2.55. The van der Waals surface area contributed by atoms with Crippen molar-refractivity contribution in [2.75, 3.05) is 18.0 Å². The standard InChI is InChI=1S/C15H20N2O3/c16-8-4-3-7-14(18)17-10-12(15(19)20)9-11-5-1-2-6-13(11)17/h1-2,5-6,12H,3-4,7-10,16H2,(H,19,20). The van der Waals surface area contributed by atoms with E-state index in [4.69, 9.17) is 5.73 Å². The van der Waals surface area contributed by atoms with Crippen LogP contribution in [-0.2, 0) is 16.0 Å². The second-order valence-electron chi connectivity index (χ2n) is 5.12. The number of nitrogens with two attached hydrogens (primary N) is 1. The van der Waals surface area contributed by atoms with E-state index >= 15 is 0 Å². The normalized spacial score (nSPS) is 17.6. The smallest absolute Gasteiger partial charge is 0.308 e. The molecular formula is C15H20N2O3. The molecule has 0 radical (unpaired) electrons. The number of fused-ring (bicyclic) bond motifs is 1. The van der Waals surface area contributed by atoms with Gasteiger partial charge in [-0.1, -0.05) is 18.2 Å². The Kier molecular flexibility index (Phi) is 4.74. The van der Waals surface area contributed by atoms with Gasteiger partial charge in [0.05, 0.1) is 5.92 Å². The fourth-order valence-electron chi connectivity index (χ4n) is 2.55. The zero-order chi connectivity index (χ0) is 14.5. The molecule has 0 fully saturated rings. The third-order valence-electron chi connectivity index (χ3n) is 3.65. The Bertz CT molecular complexity index is 502. The van der Waals surface area contributed by atoms with Gasteiger partial charge < -0.3 is 15.7 Å². The van der Waals surface area contributed by atoms with Gasteiger partial charge in [-0.05, 0) is 37.4 Å². The summed E-state index contributed by atoms with van der Waals surface area (Å²) in [4.78, 5) is 25.2. The molecule has 1 unspecified atom stereocenters. The van der Waals surface area contributed by atoms with Gasteiger partial charge >= 0.3 is 5.97 Å². The van der Waals surface area contributed by atoms with E-state index in [1.807, 2.05) is 24.3 Å². The first-order chi connectivity index (χ1) is 9.63. The molecule has 1 aromatic carbocycles. The molecule has 3 N–H and O–H groups in total. The maximum atomic E-state index is 12.3. The number of hydrogen-bond acceptors (Lipinski definition) is 3.